The molecule has 1 atom stereocenters. The molecule has 1 aliphatic heterocycles. The highest BCUT2D eigenvalue weighted by Gasteiger charge is 2.48. The molecule has 0 radical (unpaired) electrons. The number of benzene rings is 2. The number of ether oxygens (including phenoxy) is 1. The van der Waals surface area contributed by atoms with Crippen LogP contribution in [0, 0.1) is 0 Å². The molecule has 2 N–H and O–H groups in total. The van der Waals surface area contributed by atoms with E-state index in [4.69, 9.17) is 9.94 Å². The van der Waals surface area contributed by atoms with Crippen LogP contribution in [0.15, 0.2) is 59.5 Å². The number of carbonyl (C=O) groups excluding carboxylic acids is 1. The molecule has 0 bridgehead atoms. The van der Waals surface area contributed by atoms with Crippen molar-refractivity contribution in [1.29, 1.82) is 0 Å². The fraction of sp³-hybridized carbons (Fsp3) is 0.316. The second kappa shape index (κ2) is 8.12. The van der Waals surface area contributed by atoms with E-state index < -0.39 is 26.7 Å². The summed E-state index contributed by atoms with van der Waals surface area (Å²) < 4.78 is 32.5. The lowest BCUT2D eigenvalue weighted by atomic mass is 10.0. The van der Waals surface area contributed by atoms with Crippen LogP contribution in [0.25, 0.3) is 0 Å². The monoisotopic (exact) mass is 422 g/mol. The number of para-hydroxylation sites is 1. The first-order valence-corrected chi connectivity index (χ1v) is 11.1. The number of hydrogen-bond acceptors (Lipinski definition) is 6. The summed E-state index contributed by atoms with van der Waals surface area (Å²) in [7, 11) is -3.93. The van der Waals surface area contributed by atoms with Crippen molar-refractivity contribution in [3.63, 3.8) is 0 Å². The van der Waals surface area contributed by atoms with Gasteiger partial charge in [-0.15, -0.1) is 0 Å². The molecule has 28 heavy (non-hydrogen) atoms. The van der Waals surface area contributed by atoms with Gasteiger partial charge in [-0.1, -0.05) is 18.2 Å². The van der Waals surface area contributed by atoms with Gasteiger partial charge in [-0.2, -0.15) is 16.1 Å². The average molecular weight is 423 g/mol. The lowest BCUT2D eigenvalue weighted by Crippen LogP contribution is -2.61. The number of hydroxylamine groups is 1. The Balaban J connectivity index is 1.87. The van der Waals surface area contributed by atoms with Crippen LogP contribution in [0.3, 0.4) is 0 Å². The zero-order valence-electron chi connectivity index (χ0n) is 15.5. The molecule has 0 aromatic heterocycles. The quantitative estimate of drug-likeness (QED) is 0.568. The second-order valence-electron chi connectivity index (χ2n) is 6.83. The van der Waals surface area contributed by atoms with Gasteiger partial charge in [0.1, 0.15) is 17.5 Å². The largest absolute Gasteiger partial charge is 0.457 e. The first kappa shape index (κ1) is 20.7. The van der Waals surface area contributed by atoms with Crippen molar-refractivity contribution < 1.29 is 23.2 Å². The van der Waals surface area contributed by atoms with E-state index in [-0.39, 0.29) is 11.4 Å². The van der Waals surface area contributed by atoms with Gasteiger partial charge >= 0.3 is 0 Å². The minimum Gasteiger partial charge on any atom is -0.457 e. The number of carbonyl (C=O) groups is 1. The summed E-state index contributed by atoms with van der Waals surface area (Å²) >= 11 is 1.49. The van der Waals surface area contributed by atoms with Crippen LogP contribution in [-0.4, -0.2) is 46.9 Å². The predicted octanol–water partition coefficient (Wildman–Crippen LogP) is 2.87. The topological polar surface area (TPSA) is 95.9 Å². The first-order chi connectivity index (χ1) is 13.3. The van der Waals surface area contributed by atoms with Crippen LogP contribution in [0.4, 0.5) is 0 Å². The Morgan fingerprint density at radius 3 is 2.36 bits per heavy atom. The first-order valence-electron chi connectivity index (χ1n) is 8.68. The summed E-state index contributed by atoms with van der Waals surface area (Å²) in [5.74, 6) is 0.957. The van der Waals surface area contributed by atoms with Crippen LogP contribution in [0.1, 0.15) is 13.8 Å². The van der Waals surface area contributed by atoms with Crippen molar-refractivity contribution in [2.45, 2.75) is 29.5 Å². The van der Waals surface area contributed by atoms with E-state index in [1.165, 1.54) is 23.9 Å². The van der Waals surface area contributed by atoms with Crippen molar-refractivity contribution in [2.75, 3.05) is 12.3 Å². The Morgan fingerprint density at radius 2 is 1.75 bits per heavy atom. The summed E-state index contributed by atoms with van der Waals surface area (Å²) in [5.41, 5.74) is 1.60. The van der Waals surface area contributed by atoms with Gasteiger partial charge in [0.05, 0.1) is 4.90 Å². The molecule has 0 saturated carbocycles. The van der Waals surface area contributed by atoms with Gasteiger partial charge in [0.2, 0.25) is 10.0 Å². The number of rotatable bonds is 5. The molecule has 0 unspecified atom stereocenters. The molecular formula is C19H22N2O5S2. The highest BCUT2D eigenvalue weighted by atomic mass is 32.2. The number of nitrogens with one attached hydrogen (secondary N) is 1. The third kappa shape index (κ3) is 4.17. The van der Waals surface area contributed by atoms with Crippen molar-refractivity contribution in [3.8, 4) is 11.5 Å². The van der Waals surface area contributed by atoms with Gasteiger partial charge < -0.3 is 4.74 Å². The fourth-order valence-electron chi connectivity index (χ4n) is 3.16. The highest BCUT2D eigenvalue weighted by Crippen LogP contribution is 2.38. The van der Waals surface area contributed by atoms with E-state index >= 15 is 0 Å². The summed E-state index contributed by atoms with van der Waals surface area (Å²) in [6, 6.07) is 14.2. The second-order valence-corrected chi connectivity index (χ2v) is 10.5. The molecule has 9 heteroatoms. The normalized spacial score (nSPS) is 19.8. The average Bonchev–Trinajstić information content (AvgIpc) is 2.68. The third-order valence-corrected chi connectivity index (χ3v) is 7.73. The zero-order chi connectivity index (χ0) is 20.4. The molecule has 0 aliphatic carbocycles. The number of nitrogens with zero attached hydrogens (tertiary/aromatic N) is 1. The summed E-state index contributed by atoms with van der Waals surface area (Å²) in [6.07, 6.45) is 0. The number of amides is 1. The Morgan fingerprint density at radius 1 is 1.14 bits per heavy atom. The van der Waals surface area contributed by atoms with E-state index in [1.54, 1.807) is 43.6 Å². The molecule has 3 rings (SSSR count). The molecule has 7 nitrogen and oxygen atoms in total. The van der Waals surface area contributed by atoms with Gasteiger partial charge in [-0.05, 0) is 50.2 Å². The number of sulfonamides is 1. The van der Waals surface area contributed by atoms with Crippen molar-refractivity contribution in [3.05, 3.63) is 54.6 Å². The molecule has 1 aliphatic rings. The Labute approximate surface area is 168 Å². The fourth-order valence-corrected chi connectivity index (χ4v) is 6.27. The van der Waals surface area contributed by atoms with Crippen LogP contribution in [-0.2, 0) is 14.8 Å². The molecule has 2 aromatic carbocycles. The third-order valence-electron chi connectivity index (χ3n) is 4.50. The number of hydrogen-bond donors (Lipinski definition) is 2. The molecular weight excluding hydrogens is 400 g/mol. The standard InChI is InChI=1S/C19H22N2O5S2/c1-19(2)17(18(22)20-23)21(12-13-27-19)28(24,25)16-10-8-15(9-11-16)26-14-6-4-3-5-7-14/h3-11,17,23H,12-13H2,1-2H3,(H,20,22)/t17-/m0/s1. The lowest BCUT2D eigenvalue weighted by molar-refractivity contribution is -0.134. The zero-order valence-corrected chi connectivity index (χ0v) is 17.2. The van der Waals surface area contributed by atoms with Crippen LogP contribution >= 0.6 is 11.8 Å². The summed E-state index contributed by atoms with van der Waals surface area (Å²) in [4.78, 5) is 12.3. The van der Waals surface area contributed by atoms with Crippen molar-refractivity contribution >= 4 is 27.7 Å². The molecule has 2 aromatic rings. The van der Waals surface area contributed by atoms with Gasteiger partial charge in [0.15, 0.2) is 0 Å². The molecule has 1 saturated heterocycles. The molecule has 0 spiro atoms. The van der Waals surface area contributed by atoms with E-state index in [0.29, 0.717) is 17.3 Å². The molecule has 1 fully saturated rings. The van der Waals surface area contributed by atoms with Crippen LogP contribution in [0.2, 0.25) is 0 Å². The van der Waals surface area contributed by atoms with E-state index in [0.717, 1.165) is 4.31 Å². The van der Waals surface area contributed by atoms with E-state index in [2.05, 4.69) is 0 Å². The summed E-state index contributed by atoms with van der Waals surface area (Å²) in [6.45, 7) is 3.75. The Kier molecular flexibility index (Phi) is 5.99. The van der Waals surface area contributed by atoms with Gasteiger partial charge in [-0.3, -0.25) is 10.0 Å². The van der Waals surface area contributed by atoms with E-state index in [1.807, 2.05) is 18.2 Å². The maximum atomic E-state index is 13.2. The number of thioether (sulfide) groups is 1. The minimum atomic E-state index is -3.93. The van der Waals surface area contributed by atoms with Crippen LogP contribution < -0.4 is 10.2 Å². The molecule has 150 valence electrons. The maximum absolute atomic E-state index is 13.2. The Bertz CT molecular complexity index is 931. The lowest BCUT2D eigenvalue weighted by Gasteiger charge is -2.43. The smallest absolute Gasteiger partial charge is 0.263 e. The minimum absolute atomic E-state index is 0.0614. The van der Waals surface area contributed by atoms with Crippen molar-refractivity contribution in [1.82, 2.24) is 9.79 Å². The van der Waals surface area contributed by atoms with Crippen molar-refractivity contribution in [2.24, 2.45) is 0 Å². The van der Waals surface area contributed by atoms with Gasteiger partial charge in [0.25, 0.3) is 5.91 Å². The maximum Gasteiger partial charge on any atom is 0.263 e. The van der Waals surface area contributed by atoms with Gasteiger partial charge in [0, 0.05) is 17.0 Å². The SMILES string of the molecule is CC1(C)SCCN(S(=O)(=O)c2ccc(Oc3ccccc3)cc2)[C@H]1C(=O)NO. The summed E-state index contributed by atoms with van der Waals surface area (Å²) in [5, 5.41) is 9.10. The highest BCUT2D eigenvalue weighted by molar-refractivity contribution is 8.00. The molecule has 1 amide bonds. The van der Waals surface area contributed by atoms with E-state index in [9.17, 15) is 13.2 Å². The molecule has 1 heterocycles. The van der Waals surface area contributed by atoms with Crippen LogP contribution in [0.5, 0.6) is 11.5 Å². The van der Waals surface area contributed by atoms with Gasteiger partial charge in [-0.25, -0.2) is 13.9 Å². The Hall–Kier alpha value is -2.07. The predicted molar refractivity (Wildman–Crippen MR) is 107 cm³/mol.